The molecule has 0 saturated carbocycles. The summed E-state index contributed by atoms with van der Waals surface area (Å²) in [6.45, 7) is 0. The van der Waals surface area contributed by atoms with Crippen LogP contribution >= 0.6 is 35.3 Å². The Labute approximate surface area is 134 Å². The average molecular weight is 335 g/mol. The van der Waals surface area contributed by atoms with Crippen LogP contribution in [0.4, 0.5) is 0 Å². The van der Waals surface area contributed by atoms with Crippen molar-refractivity contribution in [3.05, 3.63) is 30.1 Å². The number of nitrogens with zero attached hydrogens (tertiary/aromatic N) is 3. The van der Waals surface area contributed by atoms with Crippen LogP contribution in [0.15, 0.2) is 30.1 Å². The third-order valence-corrected chi connectivity index (χ3v) is 5.57. The smallest absolute Gasteiger partial charge is 0.282 e. The second-order valence-electron chi connectivity index (χ2n) is 4.54. The van der Waals surface area contributed by atoms with Crippen LogP contribution in [0.2, 0.25) is 0 Å². The monoisotopic (exact) mass is 335 g/mol. The number of fused-ring (bicyclic) bond motifs is 2. The molecule has 2 aliphatic rings. The van der Waals surface area contributed by atoms with Crippen molar-refractivity contribution >= 4 is 56.6 Å². The fourth-order valence-corrected chi connectivity index (χ4v) is 4.46. The van der Waals surface area contributed by atoms with Gasteiger partial charge in [0.2, 0.25) is 11.0 Å². The van der Waals surface area contributed by atoms with Crippen LogP contribution in [0.25, 0.3) is 10.3 Å². The molecule has 21 heavy (non-hydrogen) atoms. The first-order valence-electron chi connectivity index (χ1n) is 6.30. The number of carbonyl (C=O) groups is 1. The second kappa shape index (κ2) is 5.04. The molecule has 0 aromatic carbocycles. The highest BCUT2D eigenvalue weighted by Gasteiger charge is 2.42. The Balaban J connectivity index is 1.57. The largest absolute Gasteiger partial charge is 0.417 e. The van der Waals surface area contributed by atoms with Gasteiger partial charge in [0, 0.05) is 11.9 Å². The highest BCUT2D eigenvalue weighted by Crippen LogP contribution is 2.38. The van der Waals surface area contributed by atoms with Crippen molar-refractivity contribution in [2.75, 3.05) is 5.75 Å². The molecule has 2 aliphatic heterocycles. The number of hydrogen-bond donors (Lipinski definition) is 0. The number of thiocarbonyl (C=S) groups is 1. The molecule has 0 aliphatic carbocycles. The molecule has 4 rings (SSSR count). The van der Waals surface area contributed by atoms with Crippen molar-refractivity contribution in [1.29, 1.82) is 0 Å². The molecule has 1 atom stereocenters. The lowest BCUT2D eigenvalue weighted by Gasteiger charge is -2.43. The minimum atomic E-state index is 0.0929. The van der Waals surface area contributed by atoms with Gasteiger partial charge in [-0.3, -0.25) is 9.69 Å². The van der Waals surface area contributed by atoms with Gasteiger partial charge >= 0.3 is 0 Å². The fourth-order valence-electron chi connectivity index (χ4n) is 2.25. The second-order valence-corrected chi connectivity index (χ2v) is 7.11. The summed E-state index contributed by atoms with van der Waals surface area (Å²) in [5, 5.41) is 0.959. The number of pyridine rings is 1. The van der Waals surface area contributed by atoms with Crippen molar-refractivity contribution in [3.8, 4) is 5.19 Å². The van der Waals surface area contributed by atoms with E-state index >= 15 is 0 Å². The van der Waals surface area contributed by atoms with E-state index in [-0.39, 0.29) is 11.3 Å². The summed E-state index contributed by atoms with van der Waals surface area (Å²) in [6, 6.07) is 3.79. The van der Waals surface area contributed by atoms with Crippen LogP contribution in [0.1, 0.15) is 6.42 Å². The van der Waals surface area contributed by atoms with E-state index < -0.39 is 0 Å². The van der Waals surface area contributed by atoms with E-state index in [4.69, 9.17) is 17.0 Å². The maximum absolute atomic E-state index is 11.7. The molecule has 0 bridgehead atoms. The van der Waals surface area contributed by atoms with E-state index in [1.807, 2.05) is 18.2 Å². The predicted octanol–water partition coefficient (Wildman–Crippen LogP) is 2.59. The Morgan fingerprint density at radius 1 is 1.52 bits per heavy atom. The molecule has 0 radical (unpaired) electrons. The van der Waals surface area contributed by atoms with Gasteiger partial charge in [-0.05, 0) is 30.4 Å². The first kappa shape index (κ1) is 13.2. The Hall–Kier alpha value is -1.51. The Morgan fingerprint density at radius 2 is 2.43 bits per heavy atom. The molecule has 106 valence electrons. The van der Waals surface area contributed by atoms with Gasteiger partial charge in [0.1, 0.15) is 0 Å². The zero-order valence-electron chi connectivity index (χ0n) is 10.7. The number of thioether (sulfide) groups is 1. The highest BCUT2D eigenvalue weighted by molar-refractivity contribution is 8.00. The lowest BCUT2D eigenvalue weighted by molar-refractivity contribution is -0.138. The molecule has 2 aromatic rings. The number of amides is 1. The van der Waals surface area contributed by atoms with E-state index in [1.165, 1.54) is 11.3 Å². The normalized spacial score (nSPS) is 20.8. The number of hydrogen-bond acceptors (Lipinski definition) is 7. The zero-order valence-corrected chi connectivity index (χ0v) is 13.1. The molecule has 2 aromatic heterocycles. The third kappa shape index (κ3) is 2.23. The molecule has 8 heteroatoms. The van der Waals surface area contributed by atoms with Gasteiger partial charge in [0.05, 0.1) is 22.2 Å². The van der Waals surface area contributed by atoms with E-state index in [1.54, 1.807) is 22.9 Å². The van der Waals surface area contributed by atoms with E-state index in [9.17, 15) is 4.79 Å². The standard InChI is InChI=1S/C13H9N3O2S3/c17-9-6-10-16(9)7(3-5-20-10)12(19)18-13-15-11-8(21-13)2-1-4-14-11/h1-4,10H,5-6H2/t10-/m1/s1. The highest BCUT2D eigenvalue weighted by atomic mass is 32.2. The molecule has 0 unspecified atom stereocenters. The number of aromatic nitrogens is 2. The summed E-state index contributed by atoms with van der Waals surface area (Å²) in [5.74, 6) is 0.935. The fraction of sp³-hybridized carbons (Fsp3) is 0.231. The van der Waals surface area contributed by atoms with Gasteiger partial charge in [-0.25, -0.2) is 4.98 Å². The number of carbonyl (C=O) groups excluding carboxylic acids is 1. The Morgan fingerprint density at radius 3 is 3.24 bits per heavy atom. The maximum atomic E-state index is 11.7. The molecule has 0 N–H and O–H groups in total. The molecular weight excluding hydrogens is 326 g/mol. The van der Waals surface area contributed by atoms with Crippen LogP contribution in [0.3, 0.4) is 0 Å². The summed E-state index contributed by atoms with van der Waals surface area (Å²) in [7, 11) is 0. The van der Waals surface area contributed by atoms with Crippen LogP contribution in [0.5, 0.6) is 5.19 Å². The van der Waals surface area contributed by atoms with Crippen molar-refractivity contribution in [2.24, 2.45) is 0 Å². The van der Waals surface area contributed by atoms with Crippen LogP contribution in [0, 0.1) is 0 Å². The first-order valence-corrected chi connectivity index (χ1v) is 8.57. The van der Waals surface area contributed by atoms with Gasteiger partial charge in [-0.1, -0.05) is 11.3 Å². The van der Waals surface area contributed by atoms with Gasteiger partial charge < -0.3 is 4.74 Å². The van der Waals surface area contributed by atoms with Gasteiger partial charge in [0.25, 0.3) is 5.19 Å². The van der Waals surface area contributed by atoms with Gasteiger partial charge in [-0.15, -0.1) is 11.8 Å². The molecule has 0 spiro atoms. The topological polar surface area (TPSA) is 55.3 Å². The average Bonchev–Trinajstić information content (AvgIpc) is 2.87. The summed E-state index contributed by atoms with van der Waals surface area (Å²) < 4.78 is 6.61. The quantitative estimate of drug-likeness (QED) is 0.621. The van der Waals surface area contributed by atoms with Gasteiger partial charge in [0.15, 0.2) is 5.65 Å². The molecule has 5 nitrogen and oxygen atoms in total. The van der Waals surface area contributed by atoms with E-state index in [2.05, 4.69) is 9.97 Å². The predicted molar refractivity (Wildman–Crippen MR) is 86.4 cm³/mol. The number of ether oxygens (including phenoxy) is 1. The van der Waals surface area contributed by atoms with Crippen molar-refractivity contribution in [2.45, 2.75) is 11.8 Å². The third-order valence-electron chi connectivity index (χ3n) is 3.27. The SMILES string of the molecule is O=C1C[C@H]2SCC=C(C(=S)Oc3nc4ncccc4s3)N12. The molecule has 1 amide bonds. The summed E-state index contributed by atoms with van der Waals surface area (Å²) in [5.41, 5.74) is 1.34. The maximum Gasteiger partial charge on any atom is 0.282 e. The van der Waals surface area contributed by atoms with Crippen LogP contribution < -0.4 is 4.74 Å². The molecule has 1 fully saturated rings. The van der Waals surface area contributed by atoms with Crippen molar-refractivity contribution < 1.29 is 9.53 Å². The first-order chi connectivity index (χ1) is 10.2. The van der Waals surface area contributed by atoms with Gasteiger partial charge in [-0.2, -0.15) is 4.98 Å². The lowest BCUT2D eigenvalue weighted by Crippen LogP contribution is -2.53. The van der Waals surface area contributed by atoms with Crippen molar-refractivity contribution in [3.63, 3.8) is 0 Å². The zero-order chi connectivity index (χ0) is 14.4. The lowest BCUT2D eigenvalue weighted by atomic mass is 10.1. The van der Waals surface area contributed by atoms with Crippen molar-refractivity contribution in [1.82, 2.24) is 14.9 Å². The number of β-lactam (4-membered cyclic amide) rings is 1. The minimum Gasteiger partial charge on any atom is -0.417 e. The van der Waals surface area contributed by atoms with E-state index in [0.29, 0.717) is 28.0 Å². The summed E-state index contributed by atoms with van der Waals surface area (Å²) in [4.78, 5) is 21.9. The molecule has 4 heterocycles. The van der Waals surface area contributed by atoms with Crippen LogP contribution in [-0.4, -0.2) is 37.0 Å². The van der Waals surface area contributed by atoms with Crippen LogP contribution in [-0.2, 0) is 4.79 Å². The molecule has 1 saturated heterocycles. The molecular formula is C13H9N3O2S3. The van der Waals surface area contributed by atoms with E-state index in [0.717, 1.165) is 10.5 Å². The number of rotatable bonds is 2. The Bertz CT molecular complexity index is 753. The Kier molecular flexibility index (Phi) is 3.16. The number of thiazole rings is 1. The summed E-state index contributed by atoms with van der Waals surface area (Å²) in [6.07, 6.45) is 4.20. The summed E-state index contributed by atoms with van der Waals surface area (Å²) >= 11 is 8.46. The minimum absolute atomic E-state index is 0.0929.